The van der Waals surface area contributed by atoms with Gasteiger partial charge in [0.2, 0.25) is 0 Å². The second-order valence-corrected chi connectivity index (χ2v) is 9.45. The van der Waals surface area contributed by atoms with Crippen LogP contribution in [0.3, 0.4) is 0 Å². The van der Waals surface area contributed by atoms with Crippen molar-refractivity contribution in [2.45, 2.75) is 16.6 Å². The van der Waals surface area contributed by atoms with Gasteiger partial charge in [-0.3, -0.25) is 14.5 Å². The molecule has 2 amide bonds. The molecule has 2 aliphatic heterocycles. The summed E-state index contributed by atoms with van der Waals surface area (Å²) >= 11 is 3.86. The number of carbonyl (C=O) groups excluding carboxylic acids is 2. The molecule has 0 spiro atoms. The van der Waals surface area contributed by atoms with E-state index < -0.39 is 29.2 Å². The van der Waals surface area contributed by atoms with Crippen molar-refractivity contribution in [2.24, 2.45) is 5.16 Å². The normalized spacial score (nSPS) is 20.0. The average molecular weight is 520 g/mol. The molecule has 0 aromatic carbocycles. The molecule has 5 N–H and O–H groups in total. The van der Waals surface area contributed by atoms with Gasteiger partial charge in [0, 0.05) is 29.3 Å². The monoisotopic (exact) mass is 519 g/mol. The molecule has 2 aliphatic rings. The number of H-pyrrole nitrogens is 1. The summed E-state index contributed by atoms with van der Waals surface area (Å²) in [7, 11) is 1.28. The van der Waals surface area contributed by atoms with E-state index in [1.807, 2.05) is 0 Å². The number of β-lactam (4-membered cyclic amide) rings is 1. The van der Waals surface area contributed by atoms with Gasteiger partial charge in [-0.1, -0.05) is 16.9 Å². The molecule has 0 aliphatic carbocycles. The standard InChI is InChI=1S/C17H17N7O5S3.Na.H/c1-29-23-9(8-6-31-16(18)21-8)12(25)22-10-13(26)24-11(15(27)28)7(4-30-14(10)24)5-32-17-19-2-3-20-17;;/h2-3,6,10,14H,4-5H2,1H3,(H2,18,21)(H,19,20)(H,22,25)(H,27,28);;/b23-9+;;/t10?,14-;;/m1../s1. The number of carbonyl (C=O) groups is 3. The van der Waals surface area contributed by atoms with Crippen molar-refractivity contribution in [3.8, 4) is 0 Å². The van der Waals surface area contributed by atoms with Gasteiger partial charge in [0.1, 0.15) is 29.9 Å². The number of hydrogen-bond donors (Lipinski definition) is 4. The molecule has 33 heavy (non-hydrogen) atoms. The molecule has 170 valence electrons. The molecule has 12 nitrogen and oxygen atoms in total. The third-order valence-electron chi connectivity index (χ3n) is 4.55. The van der Waals surface area contributed by atoms with E-state index in [0.29, 0.717) is 22.2 Å². The molecule has 0 radical (unpaired) electrons. The van der Waals surface area contributed by atoms with Gasteiger partial charge >= 0.3 is 35.5 Å². The average Bonchev–Trinajstić information content (AvgIpc) is 3.45. The molecule has 4 rings (SSSR count). The Balaban J connectivity index is 0.00000306. The molecular formula is C17H18N7NaO5S3. The van der Waals surface area contributed by atoms with Crippen molar-refractivity contribution >= 4 is 93.0 Å². The number of imidazole rings is 1. The van der Waals surface area contributed by atoms with Gasteiger partial charge < -0.3 is 26.0 Å². The fourth-order valence-electron chi connectivity index (χ4n) is 3.18. The third-order valence-corrected chi connectivity index (χ3v) is 7.56. The van der Waals surface area contributed by atoms with Crippen molar-refractivity contribution in [1.29, 1.82) is 0 Å². The number of anilines is 1. The van der Waals surface area contributed by atoms with Crippen molar-refractivity contribution in [3.05, 3.63) is 34.7 Å². The Kier molecular flexibility index (Phi) is 8.47. The first-order valence-electron chi connectivity index (χ1n) is 9.06. The molecule has 4 heterocycles. The number of rotatable bonds is 8. The van der Waals surface area contributed by atoms with Gasteiger partial charge in [0.25, 0.3) is 11.8 Å². The summed E-state index contributed by atoms with van der Waals surface area (Å²) in [6.45, 7) is 0. The van der Waals surface area contributed by atoms with Crippen LogP contribution in [-0.4, -0.2) is 108 Å². The second-order valence-electron chi connectivity index (χ2n) is 6.49. The van der Waals surface area contributed by atoms with E-state index >= 15 is 0 Å². The van der Waals surface area contributed by atoms with Crippen LogP contribution in [0.15, 0.2) is 39.4 Å². The van der Waals surface area contributed by atoms with Crippen LogP contribution in [0.4, 0.5) is 5.13 Å². The Bertz CT molecular complexity index is 1120. The quantitative estimate of drug-likeness (QED) is 0.119. The van der Waals surface area contributed by atoms with Gasteiger partial charge in [-0.2, -0.15) is 0 Å². The number of aromatic nitrogens is 3. The number of fused-ring (bicyclic) bond motifs is 1. The van der Waals surface area contributed by atoms with Crippen LogP contribution >= 0.6 is 34.9 Å². The van der Waals surface area contributed by atoms with Gasteiger partial charge in [-0.25, -0.2) is 14.8 Å². The predicted octanol–water partition coefficient (Wildman–Crippen LogP) is -0.319. The van der Waals surface area contributed by atoms with Crippen LogP contribution in [0.25, 0.3) is 0 Å². The van der Waals surface area contributed by atoms with Gasteiger partial charge in [0.15, 0.2) is 16.0 Å². The second kappa shape index (κ2) is 10.9. The third kappa shape index (κ3) is 5.22. The van der Waals surface area contributed by atoms with E-state index in [1.54, 1.807) is 17.8 Å². The summed E-state index contributed by atoms with van der Waals surface area (Å²) in [4.78, 5) is 54.5. The first-order valence-corrected chi connectivity index (χ1v) is 12.0. The van der Waals surface area contributed by atoms with E-state index in [9.17, 15) is 19.5 Å². The Morgan fingerprint density at radius 3 is 2.91 bits per heavy atom. The van der Waals surface area contributed by atoms with Gasteiger partial charge in [-0.05, 0) is 5.57 Å². The van der Waals surface area contributed by atoms with Crippen molar-refractivity contribution < 1.29 is 24.3 Å². The summed E-state index contributed by atoms with van der Waals surface area (Å²) in [5.74, 6) is -1.61. The zero-order valence-corrected chi connectivity index (χ0v) is 18.9. The number of nitrogens with one attached hydrogen (secondary N) is 2. The molecule has 1 saturated heterocycles. The zero-order chi connectivity index (χ0) is 22.8. The number of aromatic amines is 1. The van der Waals surface area contributed by atoms with Crippen molar-refractivity contribution in [1.82, 2.24) is 25.2 Å². The number of hydrogen-bond acceptors (Lipinski definition) is 11. The van der Waals surface area contributed by atoms with Crippen LogP contribution in [0.1, 0.15) is 5.69 Å². The molecular weight excluding hydrogens is 501 g/mol. The van der Waals surface area contributed by atoms with E-state index in [-0.39, 0.29) is 51.8 Å². The van der Waals surface area contributed by atoms with Crippen LogP contribution < -0.4 is 11.1 Å². The number of aliphatic carboxylic acids is 1. The number of carboxylic acids is 1. The summed E-state index contributed by atoms with van der Waals surface area (Å²) < 4.78 is 0. The van der Waals surface area contributed by atoms with Crippen LogP contribution in [0.5, 0.6) is 0 Å². The van der Waals surface area contributed by atoms with Gasteiger partial charge in [0.05, 0.1) is 0 Å². The number of carboxylic acid groups (broad SMARTS) is 1. The minimum absolute atomic E-state index is 0. The fourth-order valence-corrected chi connectivity index (χ4v) is 6.04. The van der Waals surface area contributed by atoms with Crippen LogP contribution in [-0.2, 0) is 19.2 Å². The van der Waals surface area contributed by atoms with E-state index in [0.717, 1.165) is 11.3 Å². The fraction of sp³-hybridized carbons (Fsp3) is 0.294. The van der Waals surface area contributed by atoms with Crippen molar-refractivity contribution in [3.63, 3.8) is 0 Å². The molecule has 16 heteroatoms. The number of nitrogens with two attached hydrogens (primary N) is 1. The topological polar surface area (TPSA) is 176 Å². The molecule has 2 aromatic heterocycles. The predicted molar refractivity (Wildman–Crippen MR) is 126 cm³/mol. The van der Waals surface area contributed by atoms with E-state index in [4.69, 9.17) is 10.6 Å². The van der Waals surface area contributed by atoms with E-state index in [1.165, 1.54) is 35.5 Å². The number of thiazole rings is 1. The SMILES string of the molecule is CO/N=C(/C(=O)NC1C(=O)N2C(C(=O)O)=C(CSc3ncc[nH]3)CS[C@H]12)c1csc(N)n1.[NaH]. The Morgan fingerprint density at radius 2 is 2.30 bits per heavy atom. The Labute approximate surface area is 222 Å². The van der Waals surface area contributed by atoms with Gasteiger partial charge in [-0.15, -0.1) is 23.1 Å². The molecule has 1 fully saturated rings. The summed E-state index contributed by atoms with van der Waals surface area (Å²) in [6, 6.07) is -0.904. The number of amides is 2. The number of nitrogen functional groups attached to an aromatic ring is 1. The maximum absolute atomic E-state index is 12.8. The maximum atomic E-state index is 12.8. The summed E-state index contributed by atoms with van der Waals surface area (Å²) in [6.07, 6.45) is 3.28. The number of thioether (sulfide) groups is 2. The van der Waals surface area contributed by atoms with E-state index in [2.05, 4.69) is 25.4 Å². The zero-order valence-electron chi connectivity index (χ0n) is 16.5. The van der Waals surface area contributed by atoms with Crippen molar-refractivity contribution in [2.75, 3.05) is 24.3 Å². The Hall–Kier alpha value is -2.04. The van der Waals surface area contributed by atoms with Crippen LogP contribution in [0.2, 0.25) is 0 Å². The summed E-state index contributed by atoms with van der Waals surface area (Å²) in [5.41, 5.74) is 6.27. The molecule has 2 aromatic rings. The van der Waals surface area contributed by atoms with Crippen LogP contribution in [0, 0.1) is 0 Å². The first kappa shape index (κ1) is 25.6. The first-order chi connectivity index (χ1) is 15.4. The summed E-state index contributed by atoms with van der Waals surface area (Å²) in [5, 5.41) is 18.0. The minimum atomic E-state index is -1.19. The Morgan fingerprint density at radius 1 is 1.52 bits per heavy atom. The number of oxime groups is 1. The molecule has 1 unspecified atom stereocenters. The molecule has 2 atom stereocenters. The molecule has 0 bridgehead atoms. The number of nitrogens with zero attached hydrogens (tertiary/aromatic N) is 4. The molecule has 0 saturated carbocycles.